The lowest BCUT2D eigenvalue weighted by Crippen LogP contribution is -2.43. The van der Waals surface area contributed by atoms with Crippen LogP contribution in [0.15, 0.2) is 23.1 Å². The lowest BCUT2D eigenvalue weighted by molar-refractivity contribution is 0.214. The fourth-order valence-electron chi connectivity index (χ4n) is 2.79. The molecule has 0 atom stereocenters. The zero-order valence-corrected chi connectivity index (χ0v) is 14.8. The molecule has 0 aliphatic carbocycles. The van der Waals surface area contributed by atoms with Gasteiger partial charge in [-0.2, -0.15) is 4.98 Å². The van der Waals surface area contributed by atoms with E-state index in [1.807, 2.05) is 0 Å². The van der Waals surface area contributed by atoms with Gasteiger partial charge in [-0.3, -0.25) is 4.79 Å². The minimum absolute atomic E-state index is 0.00272. The van der Waals surface area contributed by atoms with Gasteiger partial charge in [-0.1, -0.05) is 0 Å². The quantitative estimate of drug-likeness (QED) is 0.747. The summed E-state index contributed by atoms with van der Waals surface area (Å²) in [5.74, 6) is 0.429. The van der Waals surface area contributed by atoms with Crippen molar-refractivity contribution in [2.24, 2.45) is 0 Å². The number of anilines is 1. The molecule has 0 aromatic carbocycles. The smallest absolute Gasteiger partial charge is 0.249 e. The Morgan fingerprint density at radius 3 is 2.84 bits per heavy atom. The molecule has 0 radical (unpaired) electrons. The molecular formula is C15H21N5O4S. The van der Waals surface area contributed by atoms with Gasteiger partial charge in [0.05, 0.1) is 12.4 Å². The van der Waals surface area contributed by atoms with Crippen molar-refractivity contribution in [2.75, 3.05) is 37.9 Å². The van der Waals surface area contributed by atoms with E-state index in [0.29, 0.717) is 37.5 Å². The van der Waals surface area contributed by atoms with Crippen molar-refractivity contribution >= 4 is 27.0 Å². The number of aromatic amines is 1. The molecule has 0 amide bonds. The van der Waals surface area contributed by atoms with Gasteiger partial charge in [0.15, 0.2) is 0 Å². The summed E-state index contributed by atoms with van der Waals surface area (Å²) in [7, 11) is -1.78. The molecule has 9 nitrogen and oxygen atoms in total. The monoisotopic (exact) mass is 367 g/mol. The van der Waals surface area contributed by atoms with Gasteiger partial charge in [-0.25, -0.2) is 17.7 Å². The van der Waals surface area contributed by atoms with Gasteiger partial charge in [0.1, 0.15) is 5.65 Å². The van der Waals surface area contributed by atoms with Gasteiger partial charge >= 0.3 is 0 Å². The van der Waals surface area contributed by atoms with E-state index in [9.17, 15) is 13.2 Å². The van der Waals surface area contributed by atoms with Crippen LogP contribution in [0.1, 0.15) is 12.8 Å². The van der Waals surface area contributed by atoms with Crippen LogP contribution in [-0.2, 0) is 14.8 Å². The Morgan fingerprint density at radius 2 is 2.12 bits per heavy atom. The summed E-state index contributed by atoms with van der Waals surface area (Å²) in [5, 5.41) is 3.97. The van der Waals surface area contributed by atoms with Crippen LogP contribution < -0.4 is 10.9 Å². The summed E-state index contributed by atoms with van der Waals surface area (Å²) >= 11 is 0. The largest absolute Gasteiger partial charge is 0.384 e. The van der Waals surface area contributed by atoms with Crippen LogP contribution in [0.2, 0.25) is 0 Å². The van der Waals surface area contributed by atoms with Crippen LogP contribution in [0, 0.1) is 0 Å². The molecule has 0 unspecified atom stereocenters. The number of hydrogen-bond acceptors (Lipinski definition) is 7. The van der Waals surface area contributed by atoms with Crippen molar-refractivity contribution in [3.8, 4) is 0 Å². The Balaban J connectivity index is 1.61. The second-order valence-electron chi connectivity index (χ2n) is 5.95. The van der Waals surface area contributed by atoms with E-state index < -0.39 is 10.0 Å². The number of nitrogens with zero attached hydrogens (tertiary/aromatic N) is 3. The standard InChI is InChI=1S/C15H21N5O4S/c1-24-8-9-25(22,23)20-6-4-12(5-7-20)17-15-16-10-11-2-3-13(21)18-14(11)19-15/h2-3,10,12H,4-9H2,1H3,(H2,16,17,18,19,21). The van der Waals surface area contributed by atoms with E-state index in [4.69, 9.17) is 4.74 Å². The van der Waals surface area contributed by atoms with Crippen LogP contribution in [0.4, 0.5) is 5.95 Å². The molecule has 2 N–H and O–H groups in total. The van der Waals surface area contributed by atoms with Crippen LogP contribution >= 0.6 is 0 Å². The zero-order chi connectivity index (χ0) is 17.9. The maximum atomic E-state index is 12.2. The molecule has 3 rings (SSSR count). The zero-order valence-electron chi connectivity index (χ0n) is 13.9. The van der Waals surface area contributed by atoms with Crippen molar-refractivity contribution in [3.63, 3.8) is 0 Å². The molecular weight excluding hydrogens is 346 g/mol. The summed E-state index contributed by atoms with van der Waals surface area (Å²) in [6.45, 7) is 1.10. The molecule has 10 heteroatoms. The number of piperidine rings is 1. The molecule has 1 saturated heterocycles. The van der Waals surface area contributed by atoms with E-state index in [2.05, 4.69) is 20.3 Å². The van der Waals surface area contributed by atoms with Crippen LogP contribution in [0.5, 0.6) is 0 Å². The number of hydrogen-bond donors (Lipinski definition) is 2. The van der Waals surface area contributed by atoms with E-state index in [0.717, 1.165) is 5.39 Å². The number of pyridine rings is 1. The van der Waals surface area contributed by atoms with Crippen LogP contribution in [-0.4, -0.2) is 66.3 Å². The average molecular weight is 367 g/mol. The number of H-pyrrole nitrogens is 1. The molecule has 2 aromatic rings. The first kappa shape index (κ1) is 17.8. The van der Waals surface area contributed by atoms with Gasteiger partial charge in [0.25, 0.3) is 0 Å². The number of ether oxygens (including phenoxy) is 1. The first-order valence-electron chi connectivity index (χ1n) is 8.07. The van der Waals surface area contributed by atoms with Gasteiger partial charge in [0.2, 0.25) is 21.5 Å². The van der Waals surface area contributed by atoms with E-state index in [1.54, 1.807) is 12.3 Å². The number of nitrogens with one attached hydrogen (secondary N) is 2. The van der Waals surface area contributed by atoms with Crippen molar-refractivity contribution in [1.82, 2.24) is 19.3 Å². The number of methoxy groups -OCH3 is 1. The lowest BCUT2D eigenvalue weighted by Gasteiger charge is -2.31. The highest BCUT2D eigenvalue weighted by Gasteiger charge is 2.27. The number of aromatic nitrogens is 3. The van der Waals surface area contributed by atoms with Crippen molar-refractivity contribution in [2.45, 2.75) is 18.9 Å². The predicted molar refractivity (Wildman–Crippen MR) is 94.0 cm³/mol. The highest BCUT2D eigenvalue weighted by molar-refractivity contribution is 7.89. The molecule has 0 bridgehead atoms. The number of rotatable bonds is 6. The molecule has 1 aliphatic rings. The normalized spacial score (nSPS) is 17.0. The fourth-order valence-corrected chi connectivity index (χ4v) is 4.19. The third-order valence-corrected chi connectivity index (χ3v) is 6.03. The van der Waals surface area contributed by atoms with E-state index in [-0.39, 0.29) is 24.0 Å². The van der Waals surface area contributed by atoms with E-state index in [1.165, 1.54) is 17.5 Å². The minimum atomic E-state index is -3.27. The third-order valence-electron chi connectivity index (χ3n) is 4.20. The molecule has 2 aromatic heterocycles. The minimum Gasteiger partial charge on any atom is -0.384 e. The topological polar surface area (TPSA) is 117 Å². The summed E-state index contributed by atoms with van der Waals surface area (Å²) in [6, 6.07) is 3.18. The summed E-state index contributed by atoms with van der Waals surface area (Å²) in [5.41, 5.74) is 0.260. The maximum absolute atomic E-state index is 12.2. The van der Waals surface area contributed by atoms with Crippen molar-refractivity contribution in [3.05, 3.63) is 28.7 Å². The second-order valence-corrected chi connectivity index (χ2v) is 8.04. The molecule has 136 valence electrons. The number of sulfonamides is 1. The predicted octanol–water partition coefficient (Wildman–Crippen LogP) is 0.171. The van der Waals surface area contributed by atoms with Gasteiger partial charge in [-0.15, -0.1) is 0 Å². The van der Waals surface area contributed by atoms with Gasteiger partial charge in [-0.05, 0) is 18.9 Å². The molecule has 0 saturated carbocycles. The SMILES string of the molecule is COCCS(=O)(=O)N1CCC(Nc2ncc3ccc(=O)[nH]c3n2)CC1. The molecule has 1 fully saturated rings. The first-order valence-corrected chi connectivity index (χ1v) is 9.68. The maximum Gasteiger partial charge on any atom is 0.249 e. The van der Waals surface area contributed by atoms with Crippen molar-refractivity contribution < 1.29 is 13.2 Å². The Bertz CT molecular complexity index is 890. The van der Waals surface area contributed by atoms with Crippen LogP contribution in [0.3, 0.4) is 0 Å². The van der Waals surface area contributed by atoms with Gasteiger partial charge < -0.3 is 15.0 Å². The highest BCUT2D eigenvalue weighted by Crippen LogP contribution is 2.18. The lowest BCUT2D eigenvalue weighted by atomic mass is 10.1. The Morgan fingerprint density at radius 1 is 1.36 bits per heavy atom. The summed E-state index contributed by atoms with van der Waals surface area (Å²) in [6.07, 6.45) is 2.97. The Kier molecular flexibility index (Phi) is 5.30. The third kappa shape index (κ3) is 4.33. The summed E-state index contributed by atoms with van der Waals surface area (Å²) in [4.78, 5) is 22.6. The Hall–Kier alpha value is -2.04. The fraction of sp³-hybridized carbons (Fsp3) is 0.533. The number of fused-ring (bicyclic) bond motifs is 1. The molecule has 25 heavy (non-hydrogen) atoms. The van der Waals surface area contributed by atoms with Crippen molar-refractivity contribution in [1.29, 1.82) is 0 Å². The second kappa shape index (κ2) is 7.46. The molecule has 1 aliphatic heterocycles. The highest BCUT2D eigenvalue weighted by atomic mass is 32.2. The van der Waals surface area contributed by atoms with E-state index >= 15 is 0 Å². The Labute approximate surface area is 145 Å². The summed E-state index contributed by atoms with van der Waals surface area (Å²) < 4.78 is 30.7. The van der Waals surface area contributed by atoms with Crippen LogP contribution in [0.25, 0.3) is 11.0 Å². The average Bonchev–Trinajstić information content (AvgIpc) is 2.60. The first-order chi connectivity index (χ1) is 12.0. The van der Waals surface area contributed by atoms with Gasteiger partial charge in [0, 0.05) is 43.9 Å². The molecule has 0 spiro atoms. The molecule has 3 heterocycles.